The van der Waals surface area contributed by atoms with Crippen LogP contribution in [0, 0.1) is 6.33 Å². The van der Waals surface area contributed by atoms with Crippen LogP contribution >= 0.6 is 0 Å². The maximum absolute atomic E-state index is 10.2. The third-order valence-electron chi connectivity index (χ3n) is 0.904. The van der Waals surface area contributed by atoms with Crippen molar-refractivity contribution in [2.75, 3.05) is 6.61 Å². The van der Waals surface area contributed by atoms with Gasteiger partial charge in [-0.05, 0) is 0 Å². The third-order valence-corrected chi connectivity index (χ3v) is 0.904. The Kier molecular flexibility index (Phi) is 2.56. The Balaban J connectivity index is 2.19. The van der Waals surface area contributed by atoms with Gasteiger partial charge in [-0.1, -0.05) is 0 Å². The predicted molar refractivity (Wildman–Crippen MR) is 34.1 cm³/mol. The number of hydrogen-bond donors (Lipinski definition) is 2. The minimum Gasteiger partial charge on any atom is -0.368 e. The average Bonchev–Trinajstić information content (AvgIpc) is 2.39. The summed E-state index contributed by atoms with van der Waals surface area (Å²) in [7, 11) is 0. The molecular weight excluding hydrogens is 148 g/mol. The van der Waals surface area contributed by atoms with Gasteiger partial charge in [-0.3, -0.25) is 4.79 Å². The SMILES string of the molecule is NC(=O)COCc1nn[c][nH]1. The molecule has 0 aliphatic carbocycles. The summed E-state index contributed by atoms with van der Waals surface area (Å²) in [6, 6.07) is 0. The summed E-state index contributed by atoms with van der Waals surface area (Å²) in [4.78, 5) is 12.8. The number of rotatable bonds is 4. The van der Waals surface area contributed by atoms with Crippen LogP contribution in [-0.4, -0.2) is 27.7 Å². The molecule has 0 saturated carbocycles. The molecule has 0 spiro atoms. The van der Waals surface area contributed by atoms with Crippen LogP contribution in [0.2, 0.25) is 0 Å². The fourth-order valence-electron chi connectivity index (χ4n) is 0.513. The molecule has 1 aromatic rings. The van der Waals surface area contributed by atoms with Crippen molar-refractivity contribution in [1.82, 2.24) is 15.2 Å². The van der Waals surface area contributed by atoms with E-state index in [0.29, 0.717) is 5.82 Å². The zero-order valence-electron chi connectivity index (χ0n) is 5.70. The van der Waals surface area contributed by atoms with Crippen molar-refractivity contribution < 1.29 is 9.53 Å². The lowest BCUT2D eigenvalue weighted by Crippen LogP contribution is -2.18. The Bertz CT molecular complexity index is 220. The van der Waals surface area contributed by atoms with Gasteiger partial charge in [-0.2, -0.15) is 0 Å². The first-order chi connectivity index (χ1) is 5.29. The molecule has 0 fully saturated rings. The first-order valence-electron chi connectivity index (χ1n) is 2.92. The van der Waals surface area contributed by atoms with Gasteiger partial charge >= 0.3 is 0 Å². The summed E-state index contributed by atoms with van der Waals surface area (Å²) in [6.07, 6.45) is 2.39. The Morgan fingerprint density at radius 3 is 3.18 bits per heavy atom. The number of hydrogen-bond acceptors (Lipinski definition) is 4. The number of nitrogens with one attached hydrogen (secondary N) is 1. The number of primary amides is 1. The van der Waals surface area contributed by atoms with E-state index in [9.17, 15) is 4.79 Å². The van der Waals surface area contributed by atoms with Gasteiger partial charge < -0.3 is 15.5 Å². The van der Waals surface area contributed by atoms with Crippen LogP contribution < -0.4 is 5.73 Å². The highest BCUT2D eigenvalue weighted by Crippen LogP contribution is 1.87. The molecule has 0 aliphatic heterocycles. The number of aromatic nitrogens is 3. The lowest BCUT2D eigenvalue weighted by Gasteiger charge is -1.95. The quantitative estimate of drug-likeness (QED) is 0.559. The van der Waals surface area contributed by atoms with E-state index < -0.39 is 5.91 Å². The van der Waals surface area contributed by atoms with E-state index in [1.54, 1.807) is 0 Å². The number of carbonyl (C=O) groups excluding carboxylic acids is 1. The molecule has 1 aromatic heterocycles. The second-order valence-electron chi connectivity index (χ2n) is 1.84. The molecule has 0 aromatic carbocycles. The van der Waals surface area contributed by atoms with Crippen molar-refractivity contribution in [3.8, 4) is 0 Å². The summed E-state index contributed by atoms with van der Waals surface area (Å²) in [6.45, 7) is 0.0835. The Morgan fingerprint density at radius 1 is 1.82 bits per heavy atom. The highest BCUT2D eigenvalue weighted by molar-refractivity contribution is 5.74. The maximum Gasteiger partial charge on any atom is 0.243 e. The lowest BCUT2D eigenvalue weighted by atomic mass is 10.6. The topological polar surface area (TPSA) is 93.9 Å². The first kappa shape index (κ1) is 7.67. The van der Waals surface area contributed by atoms with Crippen molar-refractivity contribution in [3.05, 3.63) is 12.2 Å². The van der Waals surface area contributed by atoms with Crippen LogP contribution in [0.4, 0.5) is 0 Å². The second kappa shape index (κ2) is 3.67. The molecule has 1 radical (unpaired) electrons. The van der Waals surface area contributed by atoms with Crippen LogP contribution in [-0.2, 0) is 16.1 Å². The lowest BCUT2D eigenvalue weighted by molar-refractivity contribution is -0.122. The number of carbonyl (C=O) groups is 1. The van der Waals surface area contributed by atoms with Crippen molar-refractivity contribution in [3.63, 3.8) is 0 Å². The van der Waals surface area contributed by atoms with Gasteiger partial charge in [0.1, 0.15) is 13.2 Å². The van der Waals surface area contributed by atoms with Crippen LogP contribution in [0.25, 0.3) is 0 Å². The van der Waals surface area contributed by atoms with E-state index in [4.69, 9.17) is 10.5 Å². The summed E-state index contributed by atoms with van der Waals surface area (Å²) < 4.78 is 4.81. The molecule has 1 amide bonds. The Labute approximate surface area is 62.8 Å². The molecule has 59 valence electrons. The van der Waals surface area contributed by atoms with E-state index in [-0.39, 0.29) is 13.2 Å². The Morgan fingerprint density at radius 2 is 2.64 bits per heavy atom. The van der Waals surface area contributed by atoms with E-state index >= 15 is 0 Å². The molecule has 0 aliphatic rings. The van der Waals surface area contributed by atoms with E-state index in [1.807, 2.05) is 0 Å². The Hall–Kier alpha value is -1.43. The number of nitrogens with zero attached hydrogens (tertiary/aromatic N) is 2. The highest BCUT2D eigenvalue weighted by Gasteiger charge is 1.97. The molecular formula is C5H7N4O2. The van der Waals surface area contributed by atoms with E-state index in [2.05, 4.69) is 21.5 Å². The van der Waals surface area contributed by atoms with Crippen LogP contribution in [0.5, 0.6) is 0 Å². The van der Waals surface area contributed by atoms with Crippen molar-refractivity contribution in [1.29, 1.82) is 0 Å². The van der Waals surface area contributed by atoms with Crippen LogP contribution in [0.3, 0.4) is 0 Å². The number of amides is 1. The van der Waals surface area contributed by atoms with E-state index in [1.165, 1.54) is 0 Å². The molecule has 0 bridgehead atoms. The zero-order valence-corrected chi connectivity index (χ0v) is 5.70. The van der Waals surface area contributed by atoms with Crippen molar-refractivity contribution in [2.45, 2.75) is 6.61 Å². The van der Waals surface area contributed by atoms with Gasteiger partial charge in [0.05, 0.1) is 0 Å². The summed E-state index contributed by atoms with van der Waals surface area (Å²) in [5.41, 5.74) is 4.81. The zero-order chi connectivity index (χ0) is 8.10. The average molecular weight is 155 g/mol. The summed E-state index contributed by atoms with van der Waals surface area (Å²) in [5.74, 6) is 0.0137. The van der Waals surface area contributed by atoms with Crippen molar-refractivity contribution >= 4 is 5.91 Å². The molecule has 0 saturated heterocycles. The summed E-state index contributed by atoms with van der Waals surface area (Å²) >= 11 is 0. The van der Waals surface area contributed by atoms with Gasteiger partial charge in [0.2, 0.25) is 5.91 Å². The molecule has 3 N–H and O–H groups in total. The molecule has 0 atom stereocenters. The smallest absolute Gasteiger partial charge is 0.243 e. The fraction of sp³-hybridized carbons (Fsp3) is 0.400. The predicted octanol–water partition coefficient (Wildman–Crippen LogP) is -1.39. The molecule has 1 heterocycles. The van der Waals surface area contributed by atoms with Crippen LogP contribution in [0.1, 0.15) is 5.82 Å². The van der Waals surface area contributed by atoms with Gasteiger partial charge in [-0.25, -0.2) is 0 Å². The molecule has 0 unspecified atom stereocenters. The maximum atomic E-state index is 10.2. The first-order valence-corrected chi connectivity index (χ1v) is 2.92. The minimum absolute atomic E-state index is 0.110. The molecule has 6 heteroatoms. The molecule has 1 rings (SSSR count). The number of ether oxygens (including phenoxy) is 1. The number of H-pyrrole nitrogens is 1. The van der Waals surface area contributed by atoms with Gasteiger partial charge in [0, 0.05) is 0 Å². The number of nitrogens with two attached hydrogens (primary N) is 1. The van der Waals surface area contributed by atoms with Crippen LogP contribution in [0.15, 0.2) is 0 Å². The molecule has 6 nitrogen and oxygen atoms in total. The second-order valence-corrected chi connectivity index (χ2v) is 1.84. The van der Waals surface area contributed by atoms with Crippen molar-refractivity contribution in [2.24, 2.45) is 5.73 Å². The summed E-state index contributed by atoms with van der Waals surface area (Å²) in [5, 5.41) is 6.97. The minimum atomic E-state index is -0.506. The normalized spacial score (nSPS) is 9.82. The largest absolute Gasteiger partial charge is 0.368 e. The highest BCUT2D eigenvalue weighted by atomic mass is 16.5. The monoisotopic (exact) mass is 155 g/mol. The van der Waals surface area contributed by atoms with E-state index in [0.717, 1.165) is 0 Å². The molecule has 11 heavy (non-hydrogen) atoms. The fourth-order valence-corrected chi connectivity index (χ4v) is 0.513. The third kappa shape index (κ3) is 2.76. The van der Waals surface area contributed by atoms with Gasteiger partial charge in [0.15, 0.2) is 12.2 Å². The van der Waals surface area contributed by atoms with Gasteiger partial charge in [0.25, 0.3) is 0 Å². The number of aromatic amines is 1. The van der Waals surface area contributed by atoms with Gasteiger partial charge in [-0.15, -0.1) is 10.2 Å². The standard InChI is InChI=1S/C5H7N4O2/c6-4(10)1-11-2-5-7-3-8-9-5/h1-2H2,(H2,6,10)(H,7,8,9).